The molecule has 8 aromatic carbocycles. The molecule has 264 valence electrons. The van der Waals surface area contributed by atoms with Gasteiger partial charge in [-0.25, -0.2) is 0 Å². The van der Waals surface area contributed by atoms with Crippen LogP contribution in [0.4, 0.5) is 0 Å². The Hall–Kier alpha value is -7.83. The summed E-state index contributed by atoms with van der Waals surface area (Å²) in [5.74, 6) is 1.72. The van der Waals surface area contributed by atoms with Gasteiger partial charge in [-0.05, 0) is 47.2 Å². The second-order valence-electron chi connectivity index (χ2n) is 14.8. The Labute approximate surface area is 324 Å². The van der Waals surface area contributed by atoms with E-state index in [1.807, 2.05) is 0 Å². The van der Waals surface area contributed by atoms with Gasteiger partial charge in [0.05, 0.1) is 38.8 Å². The van der Waals surface area contributed by atoms with Crippen LogP contribution in [0.3, 0.4) is 0 Å². The maximum Gasteiger partial charge on any atom is 0.240 e. The maximum atomic E-state index is 5.51. The van der Waals surface area contributed by atoms with E-state index in [-0.39, 0.29) is 0 Å². The maximum absolute atomic E-state index is 5.51. The van der Waals surface area contributed by atoms with Gasteiger partial charge >= 0.3 is 0 Å². The lowest BCUT2D eigenvalue weighted by molar-refractivity contribution is 1.05. The summed E-state index contributed by atoms with van der Waals surface area (Å²) in [7, 11) is 0. The molecule has 6 nitrogen and oxygen atoms in total. The van der Waals surface area contributed by atoms with Gasteiger partial charge in [0.2, 0.25) is 11.6 Å². The van der Waals surface area contributed by atoms with Gasteiger partial charge in [-0.3, -0.25) is 8.80 Å². The van der Waals surface area contributed by atoms with Gasteiger partial charge in [0, 0.05) is 48.7 Å². The summed E-state index contributed by atoms with van der Waals surface area (Å²) in [6.07, 6.45) is 0. The Bertz CT molecular complexity index is 3660. The Morgan fingerprint density at radius 1 is 0.281 bits per heavy atom. The minimum absolute atomic E-state index is 0.563. The van der Waals surface area contributed by atoms with Gasteiger partial charge in [0.1, 0.15) is 0 Å². The molecule has 0 amide bonds. The van der Waals surface area contributed by atoms with Gasteiger partial charge in [0.15, 0.2) is 5.82 Å². The van der Waals surface area contributed by atoms with Crippen molar-refractivity contribution in [1.82, 2.24) is 28.3 Å². The smallest absolute Gasteiger partial charge is 0.240 e. The highest BCUT2D eigenvalue weighted by Gasteiger charge is 2.21. The van der Waals surface area contributed by atoms with E-state index in [1.165, 1.54) is 10.8 Å². The van der Waals surface area contributed by atoms with Crippen LogP contribution in [-0.4, -0.2) is 28.3 Å². The molecule has 6 heteroatoms. The second-order valence-corrected chi connectivity index (χ2v) is 14.8. The number of nitrogens with zero attached hydrogens (tertiary/aromatic N) is 6. The van der Waals surface area contributed by atoms with Crippen molar-refractivity contribution < 1.29 is 0 Å². The Morgan fingerprint density at radius 3 is 1.12 bits per heavy atom. The third kappa shape index (κ3) is 4.10. The van der Waals surface area contributed by atoms with Crippen molar-refractivity contribution in [3.8, 4) is 17.1 Å². The molecule has 0 saturated carbocycles. The summed E-state index contributed by atoms with van der Waals surface area (Å²) in [5, 5.41) is 11.5. The molecular formula is C51H30N6. The fourth-order valence-corrected chi connectivity index (χ4v) is 9.55. The average molecular weight is 727 g/mol. The zero-order valence-corrected chi connectivity index (χ0v) is 30.5. The fraction of sp³-hybridized carbons (Fsp3) is 0. The molecule has 0 unspecified atom stereocenters. The minimum atomic E-state index is 0.563. The van der Waals surface area contributed by atoms with Crippen molar-refractivity contribution in [3.05, 3.63) is 182 Å². The first-order valence-electron chi connectivity index (χ1n) is 19.3. The van der Waals surface area contributed by atoms with Crippen LogP contribution in [-0.2, 0) is 0 Å². The largest absolute Gasteiger partial charge is 0.309 e. The number of hydrogen-bond donors (Lipinski definition) is 0. The van der Waals surface area contributed by atoms with Crippen LogP contribution in [0.15, 0.2) is 182 Å². The highest BCUT2D eigenvalue weighted by atomic mass is 15.2. The third-order valence-electron chi connectivity index (χ3n) is 11.9. The lowest BCUT2D eigenvalue weighted by Gasteiger charge is -2.13. The van der Waals surface area contributed by atoms with Crippen LogP contribution in [0.25, 0.3) is 116 Å². The first-order chi connectivity index (χ1) is 28.3. The fourth-order valence-electron chi connectivity index (χ4n) is 9.55. The van der Waals surface area contributed by atoms with Crippen LogP contribution in [0.2, 0.25) is 0 Å². The highest BCUT2D eigenvalue weighted by molar-refractivity contribution is 6.24. The molecule has 0 radical (unpaired) electrons. The van der Waals surface area contributed by atoms with Gasteiger partial charge in [0.25, 0.3) is 0 Å². The summed E-state index contributed by atoms with van der Waals surface area (Å²) < 4.78 is 6.87. The van der Waals surface area contributed by atoms with Gasteiger partial charge in [-0.2, -0.15) is 15.0 Å². The predicted molar refractivity (Wildman–Crippen MR) is 235 cm³/mol. The summed E-state index contributed by atoms with van der Waals surface area (Å²) in [5.41, 5.74) is 8.37. The molecule has 57 heavy (non-hydrogen) atoms. The monoisotopic (exact) mass is 726 g/mol. The molecular weight excluding hydrogens is 697 g/mol. The predicted octanol–water partition coefficient (Wildman–Crippen LogP) is 12.6. The molecule has 0 spiro atoms. The molecule has 0 N–H and O–H groups in total. The molecule has 13 aromatic rings. The van der Waals surface area contributed by atoms with E-state index in [4.69, 9.17) is 15.0 Å². The molecule has 0 aliphatic heterocycles. The topological polar surface area (TPSA) is 52.4 Å². The van der Waals surface area contributed by atoms with Gasteiger partial charge < -0.3 is 4.57 Å². The number of benzene rings is 8. The molecule has 0 fully saturated rings. The van der Waals surface area contributed by atoms with E-state index in [0.29, 0.717) is 17.4 Å². The van der Waals surface area contributed by atoms with Crippen molar-refractivity contribution in [1.29, 1.82) is 0 Å². The molecule has 0 saturated heterocycles. The molecule has 0 aliphatic carbocycles. The summed E-state index contributed by atoms with van der Waals surface area (Å²) in [6.45, 7) is 0. The van der Waals surface area contributed by atoms with Crippen LogP contribution in [0.1, 0.15) is 0 Å². The second kappa shape index (κ2) is 11.4. The standard InChI is InChI=1S/C51H30N6/c1-2-16-32-31(15-1)37-22-13-24-39-35-19-5-10-28-44(35)56(47(37)39)50-52-49(53-51(54-50)57-45-29-11-6-20-36(45)40-25-14-23-38(32)48(40)57)41-21-7-12-30-46(41)55-42-26-8-3-17-33(42)34-18-4-9-27-43(34)55/h1-30H. The van der Waals surface area contributed by atoms with Crippen molar-refractivity contribution in [2.75, 3.05) is 0 Å². The Kier molecular flexibility index (Phi) is 6.07. The normalized spacial score (nSPS) is 12.2. The molecule has 0 aliphatic rings. The van der Waals surface area contributed by atoms with Crippen molar-refractivity contribution in [3.63, 3.8) is 0 Å². The average Bonchev–Trinajstić information content (AvgIpc) is 3.92. The summed E-state index contributed by atoms with van der Waals surface area (Å²) in [6, 6.07) is 65.0. The lowest BCUT2D eigenvalue weighted by atomic mass is 10.0. The SMILES string of the molecule is c1ccc(-n2c3ccccc3c3ccccc32)c(-c2nc3nc(n2)n2c4ccccc4c4cccc(c5ccccc5c5cccc6c7ccccc7n3c56)c42)c1. The number of aromatic nitrogens is 6. The molecule has 5 aromatic heterocycles. The van der Waals surface area contributed by atoms with E-state index in [2.05, 4.69) is 195 Å². The summed E-state index contributed by atoms with van der Waals surface area (Å²) >= 11 is 0. The molecule has 5 heterocycles. The molecule has 13 rings (SSSR count). The van der Waals surface area contributed by atoms with Crippen LogP contribution < -0.4 is 0 Å². The minimum Gasteiger partial charge on any atom is -0.309 e. The van der Waals surface area contributed by atoms with Crippen molar-refractivity contribution in [2.24, 2.45) is 0 Å². The third-order valence-corrected chi connectivity index (χ3v) is 11.9. The number of fused-ring (bicyclic) bond motifs is 16. The van der Waals surface area contributed by atoms with E-state index in [9.17, 15) is 0 Å². The number of hydrogen-bond acceptors (Lipinski definition) is 3. The quantitative estimate of drug-likeness (QED) is 0.178. The Morgan fingerprint density at radius 2 is 0.632 bits per heavy atom. The van der Waals surface area contributed by atoms with Crippen molar-refractivity contribution >= 4 is 98.5 Å². The van der Waals surface area contributed by atoms with E-state index < -0.39 is 0 Å². The number of para-hydroxylation sites is 7. The lowest BCUT2D eigenvalue weighted by Crippen LogP contribution is -2.04. The first-order valence-corrected chi connectivity index (χ1v) is 19.3. The Balaban J connectivity index is 1.32. The zero-order valence-electron chi connectivity index (χ0n) is 30.5. The van der Waals surface area contributed by atoms with E-state index in [1.54, 1.807) is 0 Å². The van der Waals surface area contributed by atoms with E-state index >= 15 is 0 Å². The van der Waals surface area contributed by atoms with Gasteiger partial charge in [-0.1, -0.05) is 146 Å². The van der Waals surface area contributed by atoms with Crippen LogP contribution in [0, 0.1) is 0 Å². The van der Waals surface area contributed by atoms with E-state index in [0.717, 1.165) is 87.4 Å². The zero-order chi connectivity index (χ0) is 37.2. The number of rotatable bonds is 2. The van der Waals surface area contributed by atoms with Gasteiger partial charge in [-0.15, -0.1) is 0 Å². The van der Waals surface area contributed by atoms with Crippen LogP contribution in [0.5, 0.6) is 0 Å². The molecule has 2 bridgehead atoms. The highest BCUT2D eigenvalue weighted by Crippen LogP contribution is 2.40. The molecule has 0 atom stereocenters. The van der Waals surface area contributed by atoms with Crippen molar-refractivity contribution in [2.45, 2.75) is 0 Å². The first kappa shape index (κ1) is 30.5. The summed E-state index contributed by atoms with van der Waals surface area (Å²) in [4.78, 5) is 16.5. The van der Waals surface area contributed by atoms with Crippen LogP contribution >= 0.6 is 0 Å².